The van der Waals surface area contributed by atoms with Crippen molar-refractivity contribution in [1.82, 2.24) is 44.5 Å². The number of carbonyl (C=O) groups excluding carboxylic acids is 3. The van der Waals surface area contributed by atoms with Gasteiger partial charge in [0.05, 0.1) is 24.5 Å². The number of rotatable bonds is 4. The lowest BCUT2D eigenvalue weighted by Gasteiger charge is -2.20. The molecule has 3 aromatic rings. The maximum absolute atomic E-state index is 13.7. The van der Waals surface area contributed by atoms with E-state index in [0.29, 0.717) is 36.9 Å². The van der Waals surface area contributed by atoms with Crippen molar-refractivity contribution in [2.75, 3.05) is 33.2 Å². The first kappa shape index (κ1) is 28.2. The highest BCUT2D eigenvalue weighted by Gasteiger charge is 2.39. The number of aryl methyl sites for hydroxylation is 1. The number of likely N-dealkylation sites (tertiary alicyclic amines) is 1. The molecule has 2 aliphatic heterocycles. The fourth-order valence-electron chi connectivity index (χ4n) is 5.61. The van der Waals surface area contributed by atoms with Gasteiger partial charge in [0, 0.05) is 58.3 Å². The number of fused-ring (bicyclic) bond motifs is 6. The van der Waals surface area contributed by atoms with E-state index in [0.717, 1.165) is 12.1 Å². The fraction of sp³-hybridized carbons (Fsp3) is 0.536. The molecule has 218 valence electrons. The molecule has 0 radical (unpaired) electrons. The predicted molar refractivity (Wildman–Crippen MR) is 149 cm³/mol. The molecule has 5 rings (SSSR count). The molecule has 41 heavy (non-hydrogen) atoms. The van der Waals surface area contributed by atoms with E-state index in [-0.39, 0.29) is 55.4 Å². The molecule has 13 heteroatoms. The summed E-state index contributed by atoms with van der Waals surface area (Å²) in [4.78, 5) is 55.9. The smallest absolute Gasteiger partial charge is 0.272 e. The molecule has 1 saturated heterocycles. The second kappa shape index (κ2) is 11.7. The van der Waals surface area contributed by atoms with Crippen molar-refractivity contribution in [3.8, 4) is 0 Å². The van der Waals surface area contributed by atoms with Crippen molar-refractivity contribution in [1.29, 1.82) is 0 Å². The summed E-state index contributed by atoms with van der Waals surface area (Å²) in [5, 5.41) is 16.1. The topological polar surface area (TPSA) is 140 Å². The van der Waals surface area contributed by atoms with Crippen LogP contribution in [0, 0.1) is 11.8 Å². The van der Waals surface area contributed by atoms with Crippen molar-refractivity contribution in [2.45, 2.75) is 52.7 Å². The van der Waals surface area contributed by atoms with Crippen LogP contribution in [0.4, 0.5) is 0 Å². The average molecular weight is 564 g/mol. The summed E-state index contributed by atoms with van der Waals surface area (Å²) in [6.07, 6.45) is 4.34. The second-order valence-corrected chi connectivity index (χ2v) is 11.3. The zero-order valence-corrected chi connectivity index (χ0v) is 24.0. The van der Waals surface area contributed by atoms with E-state index >= 15 is 0 Å². The van der Waals surface area contributed by atoms with Gasteiger partial charge in [-0.15, -0.1) is 5.10 Å². The average Bonchev–Trinajstić information content (AvgIpc) is 3.66. The Morgan fingerprint density at radius 2 is 2.00 bits per heavy atom. The van der Waals surface area contributed by atoms with Crippen LogP contribution in [0.3, 0.4) is 0 Å². The first-order chi connectivity index (χ1) is 19.6. The van der Waals surface area contributed by atoms with E-state index in [2.05, 4.69) is 34.6 Å². The predicted octanol–water partition coefficient (Wildman–Crippen LogP) is 0.808. The van der Waals surface area contributed by atoms with Gasteiger partial charge in [0.1, 0.15) is 17.0 Å². The highest BCUT2D eigenvalue weighted by Crippen LogP contribution is 2.31. The van der Waals surface area contributed by atoms with Gasteiger partial charge in [-0.1, -0.05) is 19.1 Å². The van der Waals surface area contributed by atoms with Crippen LogP contribution in [0.25, 0.3) is 0 Å². The first-order valence-corrected chi connectivity index (χ1v) is 14.1. The van der Waals surface area contributed by atoms with Gasteiger partial charge in [-0.05, 0) is 37.5 Å². The lowest BCUT2D eigenvalue weighted by molar-refractivity contribution is -0.122. The number of carbonyl (C=O) groups is 3. The lowest BCUT2D eigenvalue weighted by atomic mass is 9.99. The Morgan fingerprint density at radius 1 is 1.20 bits per heavy atom. The minimum Gasteiger partial charge on any atom is -0.354 e. The highest BCUT2D eigenvalue weighted by molar-refractivity contribution is 5.94. The first-order valence-electron chi connectivity index (χ1n) is 14.1. The molecule has 0 saturated carbocycles. The fourth-order valence-corrected chi connectivity index (χ4v) is 5.61. The minimum absolute atomic E-state index is 0.0497. The number of pyridine rings is 1. The number of hydrogen-bond donors (Lipinski definition) is 1. The minimum atomic E-state index is -0.421. The number of likely N-dealkylation sites (N-methyl/N-ethyl adjacent to an activating group) is 1. The number of aromatic nitrogens is 6. The Kier molecular flexibility index (Phi) is 8.04. The van der Waals surface area contributed by atoms with Crippen LogP contribution in [-0.2, 0) is 24.3 Å². The third-order valence-corrected chi connectivity index (χ3v) is 7.70. The quantitative estimate of drug-likeness (QED) is 0.495. The lowest BCUT2D eigenvalue weighted by Crippen LogP contribution is -2.39. The number of amides is 3. The molecule has 0 unspecified atom stereocenters. The van der Waals surface area contributed by atoms with Crippen LogP contribution < -0.4 is 10.9 Å². The van der Waals surface area contributed by atoms with Crippen molar-refractivity contribution >= 4 is 17.7 Å². The van der Waals surface area contributed by atoms with Gasteiger partial charge >= 0.3 is 0 Å². The molecule has 5 heterocycles. The van der Waals surface area contributed by atoms with E-state index in [1.165, 1.54) is 15.5 Å². The Morgan fingerprint density at radius 3 is 2.76 bits per heavy atom. The summed E-state index contributed by atoms with van der Waals surface area (Å²) in [7, 11) is 1.60. The van der Waals surface area contributed by atoms with Gasteiger partial charge in [-0.3, -0.25) is 23.9 Å². The molecule has 2 aliphatic rings. The molecule has 4 bridgehead atoms. The van der Waals surface area contributed by atoms with Gasteiger partial charge in [-0.25, -0.2) is 4.68 Å². The summed E-state index contributed by atoms with van der Waals surface area (Å²) in [6, 6.07) is 4.75. The largest absolute Gasteiger partial charge is 0.354 e. The Labute approximate surface area is 238 Å². The number of hydrogen-bond acceptors (Lipinski definition) is 7. The maximum atomic E-state index is 13.7. The van der Waals surface area contributed by atoms with Gasteiger partial charge in [0.25, 0.3) is 17.4 Å². The zero-order valence-electron chi connectivity index (χ0n) is 24.0. The van der Waals surface area contributed by atoms with Gasteiger partial charge in [-0.2, -0.15) is 5.10 Å². The van der Waals surface area contributed by atoms with Crippen molar-refractivity contribution in [2.24, 2.45) is 11.8 Å². The third-order valence-electron chi connectivity index (χ3n) is 7.70. The van der Waals surface area contributed by atoms with Crippen molar-refractivity contribution in [3.05, 3.63) is 63.6 Å². The summed E-state index contributed by atoms with van der Waals surface area (Å²) >= 11 is 0. The molecule has 2 atom stereocenters. The van der Waals surface area contributed by atoms with Crippen molar-refractivity contribution in [3.63, 3.8) is 0 Å². The van der Waals surface area contributed by atoms with Gasteiger partial charge in [0.2, 0.25) is 5.91 Å². The SMILES string of the molecule is CCn1nc(CC(C)C)cc1C(=O)N1C[C@@H]2CC(=O)NCCN(C)C(=O)c3cccn(c3=O)Cc3cn(nn3)[C@@H]2C1. The normalized spacial score (nSPS) is 19.9. The third kappa shape index (κ3) is 5.93. The maximum Gasteiger partial charge on any atom is 0.272 e. The summed E-state index contributed by atoms with van der Waals surface area (Å²) in [5.74, 6) is -0.513. The van der Waals surface area contributed by atoms with Crippen LogP contribution in [0.5, 0.6) is 0 Å². The number of nitrogens with zero attached hydrogens (tertiary/aromatic N) is 8. The molecule has 3 aromatic heterocycles. The molecule has 0 aromatic carbocycles. The Hall–Kier alpha value is -4.29. The van der Waals surface area contributed by atoms with Crippen molar-refractivity contribution < 1.29 is 14.4 Å². The van der Waals surface area contributed by atoms with E-state index in [4.69, 9.17) is 0 Å². The van der Waals surface area contributed by atoms with E-state index in [1.807, 2.05) is 13.0 Å². The van der Waals surface area contributed by atoms with Gasteiger partial charge in [0.15, 0.2) is 0 Å². The van der Waals surface area contributed by atoms with E-state index < -0.39 is 11.5 Å². The molecule has 13 nitrogen and oxygen atoms in total. The van der Waals surface area contributed by atoms with Crippen LogP contribution in [0.1, 0.15) is 65.5 Å². The van der Waals surface area contributed by atoms with E-state index in [1.54, 1.807) is 39.8 Å². The molecular formula is C28H37N9O4. The van der Waals surface area contributed by atoms with Gasteiger partial charge < -0.3 is 19.7 Å². The molecule has 3 amide bonds. The zero-order chi connectivity index (χ0) is 29.3. The molecule has 0 spiro atoms. The molecule has 1 fully saturated rings. The van der Waals surface area contributed by atoms with Crippen LogP contribution in [-0.4, -0.2) is 90.1 Å². The molecule has 1 N–H and O–H groups in total. The van der Waals surface area contributed by atoms with Crippen LogP contribution in [0.15, 0.2) is 35.4 Å². The number of nitrogens with one attached hydrogen (secondary N) is 1. The second-order valence-electron chi connectivity index (χ2n) is 11.3. The summed E-state index contributed by atoms with van der Waals surface area (Å²) in [5.41, 5.74) is 1.59. The summed E-state index contributed by atoms with van der Waals surface area (Å²) in [6.45, 7) is 8.14. The Balaban J connectivity index is 1.44. The van der Waals surface area contributed by atoms with Crippen LogP contribution >= 0.6 is 0 Å². The monoisotopic (exact) mass is 563 g/mol. The highest BCUT2D eigenvalue weighted by atomic mass is 16.2. The Bertz CT molecular complexity index is 1500. The standard InChI is InChI=1S/C28H37N9O4/c1-5-36-23(13-20(31-36)11-18(2)3)28(41)35-14-19-12-25(38)29-8-10-33(4)26(39)22-7-6-9-34(27(22)40)15-21-16-37(32-30-21)24(19)17-35/h6-7,9,13,16,18-19,24H,5,8,10-12,14-15,17H2,1-4H3,(H,29,38)/t19-,24+/m0/s1. The molecular weight excluding hydrogens is 526 g/mol. The van der Waals surface area contributed by atoms with E-state index in [9.17, 15) is 19.2 Å². The van der Waals surface area contributed by atoms with Crippen LogP contribution in [0.2, 0.25) is 0 Å². The molecule has 0 aliphatic carbocycles. The summed E-state index contributed by atoms with van der Waals surface area (Å²) < 4.78 is 4.88.